The van der Waals surface area contributed by atoms with Gasteiger partial charge in [0.1, 0.15) is 0 Å². The van der Waals surface area contributed by atoms with Crippen molar-refractivity contribution in [3.05, 3.63) is 72.6 Å². The summed E-state index contributed by atoms with van der Waals surface area (Å²) >= 11 is 9.45. The highest BCUT2D eigenvalue weighted by Gasteiger charge is 2.41. The van der Waals surface area contributed by atoms with Gasteiger partial charge in [-0.05, 0) is 76.7 Å². The van der Waals surface area contributed by atoms with Crippen molar-refractivity contribution in [2.24, 2.45) is 5.41 Å². The Balaban J connectivity index is 1.76. The Morgan fingerprint density at radius 2 is 1.79 bits per heavy atom. The van der Waals surface area contributed by atoms with E-state index in [0.29, 0.717) is 10.1 Å². The maximum atomic E-state index is 3.77. The molecule has 0 saturated heterocycles. The van der Waals surface area contributed by atoms with Gasteiger partial charge in [0, 0.05) is 20.7 Å². The summed E-state index contributed by atoms with van der Waals surface area (Å²) in [5.74, 6) is 0.385. The maximum Gasteiger partial charge on any atom is 0.0836 e. The Kier molecular flexibility index (Phi) is 4.62. The maximum absolute atomic E-state index is 3.77. The van der Waals surface area contributed by atoms with Gasteiger partial charge in [-0.2, -0.15) is 0 Å². The SMILES string of the molecule is CC1=Cc2c(C)c3c(cc2=C1C(C)(C)C1C(C)=Cc2c(Br)cccc21)SC(Br)C=3. The summed E-state index contributed by atoms with van der Waals surface area (Å²) in [6.45, 7) is 11.7. The molecule has 2 atom stereocenters. The zero-order valence-electron chi connectivity index (χ0n) is 17.4. The zero-order valence-corrected chi connectivity index (χ0v) is 21.3. The van der Waals surface area contributed by atoms with E-state index in [2.05, 4.69) is 109 Å². The van der Waals surface area contributed by atoms with Gasteiger partial charge in [-0.25, -0.2) is 0 Å². The number of hydrogen-bond acceptors (Lipinski definition) is 1. The number of allylic oxidation sites excluding steroid dienone is 2. The van der Waals surface area contributed by atoms with E-state index in [1.54, 1.807) is 0 Å². The molecule has 5 rings (SSSR count). The Morgan fingerprint density at radius 3 is 2.55 bits per heavy atom. The molecule has 0 bridgehead atoms. The fourth-order valence-corrected chi connectivity index (χ4v) is 8.12. The monoisotopic (exact) mass is 526 g/mol. The normalized spacial score (nSPS) is 22.1. The fourth-order valence-electron chi connectivity index (χ4n) is 5.77. The van der Waals surface area contributed by atoms with Crippen LogP contribution in [0, 0.1) is 12.3 Å². The van der Waals surface area contributed by atoms with Crippen molar-refractivity contribution in [1.29, 1.82) is 0 Å². The molecule has 0 spiro atoms. The quantitative estimate of drug-likeness (QED) is 0.373. The predicted molar refractivity (Wildman–Crippen MR) is 135 cm³/mol. The van der Waals surface area contributed by atoms with E-state index in [-0.39, 0.29) is 5.41 Å². The van der Waals surface area contributed by atoms with Crippen LogP contribution in [0.2, 0.25) is 0 Å². The van der Waals surface area contributed by atoms with E-state index in [9.17, 15) is 0 Å². The number of rotatable bonds is 2. The van der Waals surface area contributed by atoms with Crippen LogP contribution in [0.4, 0.5) is 0 Å². The lowest BCUT2D eigenvalue weighted by Gasteiger charge is -2.36. The number of alkyl halides is 1. The summed E-state index contributed by atoms with van der Waals surface area (Å²) in [6.07, 6.45) is 7.13. The number of thioether (sulfide) groups is 1. The van der Waals surface area contributed by atoms with Crippen molar-refractivity contribution in [3.8, 4) is 0 Å². The average molecular weight is 528 g/mol. The van der Waals surface area contributed by atoms with Crippen molar-refractivity contribution >= 4 is 67.4 Å². The lowest BCUT2D eigenvalue weighted by molar-refractivity contribution is 0.433. The minimum absolute atomic E-state index is 0.0000739. The molecule has 0 aromatic heterocycles. The Bertz CT molecular complexity index is 1260. The first-order valence-electron chi connectivity index (χ1n) is 10.1. The molecule has 0 nitrogen and oxygen atoms in total. The van der Waals surface area contributed by atoms with E-state index in [1.807, 2.05) is 11.8 Å². The summed E-state index contributed by atoms with van der Waals surface area (Å²) in [4.78, 5) is 1.40. The van der Waals surface area contributed by atoms with Gasteiger partial charge in [0.15, 0.2) is 0 Å². The van der Waals surface area contributed by atoms with Crippen molar-refractivity contribution in [2.45, 2.75) is 49.6 Å². The second kappa shape index (κ2) is 6.73. The third-order valence-electron chi connectivity index (χ3n) is 6.79. The second-order valence-corrected chi connectivity index (χ2v) is 12.6. The first kappa shape index (κ1) is 19.9. The molecule has 29 heavy (non-hydrogen) atoms. The molecule has 0 N–H and O–H groups in total. The van der Waals surface area contributed by atoms with Gasteiger partial charge in [-0.3, -0.25) is 0 Å². The molecule has 0 saturated carbocycles. The third-order valence-corrected chi connectivity index (χ3v) is 9.26. The molecular weight excluding hydrogens is 504 g/mol. The minimum atomic E-state index is -0.0000739. The Hall–Kier alpha value is -1.03. The fraction of sp³-hybridized carbons (Fsp3) is 0.308. The van der Waals surface area contributed by atoms with Crippen LogP contribution in [0.1, 0.15) is 55.9 Å². The predicted octanol–water partition coefficient (Wildman–Crippen LogP) is 7.16. The molecular formula is C26H24Br2S. The van der Waals surface area contributed by atoms with E-state index < -0.39 is 0 Å². The topological polar surface area (TPSA) is 0 Å². The summed E-state index contributed by atoms with van der Waals surface area (Å²) in [6, 6.07) is 9.08. The smallest absolute Gasteiger partial charge is 0.0836 e. The molecule has 2 unspecified atom stereocenters. The molecule has 3 aliphatic rings. The summed E-state index contributed by atoms with van der Waals surface area (Å²) in [7, 11) is 0. The molecule has 0 radical (unpaired) electrons. The molecule has 1 aliphatic heterocycles. The number of halogens is 2. The largest absolute Gasteiger partial charge is 0.106 e. The van der Waals surface area contributed by atoms with Gasteiger partial charge in [-0.1, -0.05) is 81.6 Å². The van der Waals surface area contributed by atoms with Crippen molar-refractivity contribution in [1.82, 2.24) is 0 Å². The van der Waals surface area contributed by atoms with Crippen LogP contribution in [-0.2, 0) is 0 Å². The van der Waals surface area contributed by atoms with Crippen LogP contribution >= 0.6 is 43.6 Å². The van der Waals surface area contributed by atoms with Gasteiger partial charge in [0.05, 0.1) is 4.16 Å². The third kappa shape index (κ3) is 2.84. The first-order chi connectivity index (χ1) is 13.7. The van der Waals surface area contributed by atoms with Crippen LogP contribution in [0.3, 0.4) is 0 Å². The molecule has 2 aromatic carbocycles. The van der Waals surface area contributed by atoms with Crippen LogP contribution in [0.25, 0.3) is 23.8 Å². The first-order valence-corrected chi connectivity index (χ1v) is 12.6. The lowest BCUT2D eigenvalue weighted by Crippen LogP contribution is -2.29. The number of hydrogen-bond donors (Lipinski definition) is 0. The van der Waals surface area contributed by atoms with Crippen LogP contribution < -0.4 is 10.4 Å². The summed E-state index contributed by atoms with van der Waals surface area (Å²) in [5.41, 5.74) is 9.98. The molecule has 3 heteroatoms. The standard InChI is InChI=1S/C26H24Br2S/c1-13-9-17-15(3)18-12-23(28)29-22(18)11-20(17)25(13)26(4,5)24-14(2)10-19-16(24)7-6-8-21(19)27/h6-12,23-24H,1-5H3. The highest BCUT2D eigenvalue weighted by Crippen LogP contribution is 2.54. The van der Waals surface area contributed by atoms with E-state index in [0.717, 1.165) is 0 Å². The van der Waals surface area contributed by atoms with Gasteiger partial charge < -0.3 is 0 Å². The molecule has 2 aromatic rings. The molecule has 2 aliphatic carbocycles. The molecule has 0 amide bonds. The Labute approximate surface area is 194 Å². The van der Waals surface area contributed by atoms with Gasteiger partial charge in [0.2, 0.25) is 0 Å². The van der Waals surface area contributed by atoms with E-state index >= 15 is 0 Å². The van der Waals surface area contributed by atoms with E-state index in [1.165, 1.54) is 58.8 Å². The average Bonchev–Trinajstić information content (AvgIpc) is 3.28. The number of benzene rings is 2. The van der Waals surface area contributed by atoms with Crippen molar-refractivity contribution < 1.29 is 0 Å². The highest BCUT2D eigenvalue weighted by atomic mass is 79.9. The Morgan fingerprint density at radius 1 is 1.03 bits per heavy atom. The summed E-state index contributed by atoms with van der Waals surface area (Å²) < 4.78 is 1.57. The molecule has 148 valence electrons. The van der Waals surface area contributed by atoms with Crippen LogP contribution in [0.15, 0.2) is 44.8 Å². The van der Waals surface area contributed by atoms with Gasteiger partial charge >= 0.3 is 0 Å². The molecule has 1 heterocycles. The van der Waals surface area contributed by atoms with Gasteiger partial charge in [-0.15, -0.1) is 11.8 Å². The molecule has 0 fully saturated rings. The van der Waals surface area contributed by atoms with Crippen molar-refractivity contribution in [3.63, 3.8) is 0 Å². The zero-order chi connectivity index (χ0) is 20.7. The van der Waals surface area contributed by atoms with E-state index in [4.69, 9.17) is 0 Å². The second-order valence-electron chi connectivity index (χ2n) is 9.00. The lowest BCUT2D eigenvalue weighted by atomic mass is 9.67. The van der Waals surface area contributed by atoms with Crippen molar-refractivity contribution in [2.75, 3.05) is 0 Å². The minimum Gasteiger partial charge on any atom is -0.106 e. The van der Waals surface area contributed by atoms with Gasteiger partial charge in [0.25, 0.3) is 0 Å². The van der Waals surface area contributed by atoms with Crippen LogP contribution in [-0.4, -0.2) is 4.16 Å². The van der Waals surface area contributed by atoms with Crippen LogP contribution in [0.5, 0.6) is 0 Å². The summed E-state index contributed by atoms with van der Waals surface area (Å²) in [5, 5.41) is 2.84. The highest BCUT2D eigenvalue weighted by molar-refractivity contribution is 9.11. The number of fused-ring (bicyclic) bond motifs is 3.